The molecule has 3 rings (SSSR count). The molecular formula is C18H10Cl2F3NO3. The van der Waals surface area contributed by atoms with Gasteiger partial charge < -0.3 is 9.84 Å². The summed E-state index contributed by atoms with van der Waals surface area (Å²) in [7, 11) is 1.40. The molecule has 3 aromatic rings. The van der Waals surface area contributed by atoms with Crippen LogP contribution in [0.4, 0.5) is 13.2 Å². The van der Waals surface area contributed by atoms with E-state index in [4.69, 9.17) is 33.0 Å². The van der Waals surface area contributed by atoms with Crippen LogP contribution in [0.3, 0.4) is 0 Å². The minimum atomic E-state index is -4.60. The Balaban J connectivity index is 2.27. The lowest BCUT2D eigenvalue weighted by molar-refractivity contribution is -0.137. The maximum absolute atomic E-state index is 12.9. The van der Waals surface area contributed by atoms with Crippen LogP contribution in [-0.2, 0) is 6.18 Å². The maximum atomic E-state index is 12.9. The van der Waals surface area contributed by atoms with Crippen LogP contribution in [0.1, 0.15) is 15.9 Å². The number of fused-ring (bicyclic) bond motifs is 1. The zero-order valence-electron chi connectivity index (χ0n) is 13.6. The minimum absolute atomic E-state index is 0.00110. The number of carboxylic acid groups (broad SMARTS) is 1. The molecule has 0 bridgehead atoms. The number of halogens is 5. The van der Waals surface area contributed by atoms with E-state index in [1.54, 1.807) is 0 Å². The number of benzene rings is 2. The number of hydrogen-bond donors (Lipinski definition) is 1. The predicted octanol–water partition coefficient (Wildman–Crippen LogP) is 5.93. The molecule has 0 unspecified atom stereocenters. The third-order valence-electron chi connectivity index (χ3n) is 3.86. The first kappa shape index (κ1) is 19.3. The summed E-state index contributed by atoms with van der Waals surface area (Å²) in [4.78, 5) is 15.5. The van der Waals surface area contributed by atoms with Crippen LogP contribution in [0.2, 0.25) is 10.0 Å². The highest BCUT2D eigenvalue weighted by atomic mass is 35.5. The number of aromatic carboxylic acids is 1. The number of alkyl halides is 3. The van der Waals surface area contributed by atoms with E-state index in [9.17, 15) is 18.0 Å². The Bertz CT molecular complexity index is 1040. The van der Waals surface area contributed by atoms with Gasteiger partial charge in [-0.3, -0.25) is 0 Å². The minimum Gasteiger partial charge on any atom is -0.496 e. The van der Waals surface area contributed by atoms with Gasteiger partial charge in [-0.1, -0.05) is 23.2 Å². The predicted molar refractivity (Wildman–Crippen MR) is 95.7 cm³/mol. The Labute approximate surface area is 161 Å². The van der Waals surface area contributed by atoms with Gasteiger partial charge in [-0.2, -0.15) is 13.2 Å². The second-order valence-electron chi connectivity index (χ2n) is 5.56. The fraction of sp³-hybridized carbons (Fsp3) is 0.111. The molecule has 0 aliphatic heterocycles. The Kier molecular flexibility index (Phi) is 4.92. The third kappa shape index (κ3) is 3.65. The normalized spacial score (nSPS) is 11.6. The van der Waals surface area contributed by atoms with Crippen molar-refractivity contribution in [2.45, 2.75) is 6.18 Å². The van der Waals surface area contributed by atoms with Crippen LogP contribution in [0.15, 0.2) is 36.4 Å². The van der Waals surface area contributed by atoms with E-state index in [1.807, 2.05) is 0 Å². The van der Waals surface area contributed by atoms with Gasteiger partial charge in [-0.25, -0.2) is 9.78 Å². The fourth-order valence-electron chi connectivity index (χ4n) is 2.61. The molecule has 4 nitrogen and oxygen atoms in total. The molecule has 0 amide bonds. The van der Waals surface area contributed by atoms with E-state index in [2.05, 4.69) is 4.98 Å². The molecule has 0 saturated carbocycles. The van der Waals surface area contributed by atoms with Crippen LogP contribution in [0.25, 0.3) is 22.2 Å². The van der Waals surface area contributed by atoms with Gasteiger partial charge in [0, 0.05) is 17.0 Å². The topological polar surface area (TPSA) is 59.4 Å². The third-order valence-corrected chi connectivity index (χ3v) is 4.46. The van der Waals surface area contributed by atoms with Gasteiger partial charge in [0.2, 0.25) is 0 Å². The number of methoxy groups -OCH3 is 1. The Morgan fingerprint density at radius 3 is 2.26 bits per heavy atom. The van der Waals surface area contributed by atoms with Crippen molar-refractivity contribution in [3.63, 3.8) is 0 Å². The molecular weight excluding hydrogens is 406 g/mol. The fourth-order valence-corrected chi connectivity index (χ4v) is 3.29. The number of carboxylic acids is 1. The van der Waals surface area contributed by atoms with Gasteiger partial charge in [0.1, 0.15) is 5.75 Å². The molecule has 0 aliphatic rings. The number of ether oxygens (including phenoxy) is 1. The first-order chi connectivity index (χ1) is 12.6. The van der Waals surface area contributed by atoms with Crippen molar-refractivity contribution in [3.8, 4) is 17.0 Å². The maximum Gasteiger partial charge on any atom is 0.416 e. The highest BCUT2D eigenvalue weighted by Gasteiger charge is 2.32. The molecule has 0 atom stereocenters. The number of hydrogen-bond acceptors (Lipinski definition) is 3. The Morgan fingerprint density at radius 2 is 1.74 bits per heavy atom. The average Bonchev–Trinajstić information content (AvgIpc) is 2.58. The van der Waals surface area contributed by atoms with Crippen molar-refractivity contribution < 1.29 is 27.8 Å². The summed E-state index contributed by atoms with van der Waals surface area (Å²) in [6, 6.07) is 7.25. The number of pyridine rings is 1. The first-order valence-corrected chi connectivity index (χ1v) is 8.16. The highest BCUT2D eigenvalue weighted by molar-refractivity contribution is 6.39. The number of rotatable bonds is 3. The molecule has 1 heterocycles. The standard InChI is InChI=1S/C18H10Cl2F3NO3/c1-27-15-7-14(24-13-4-8(17(25)26)2-3-10(13)15)16-11(19)5-9(6-12(16)20)18(21,22)23/h2-7H,1H3,(H,25,26). The first-order valence-electron chi connectivity index (χ1n) is 7.40. The van der Waals surface area contributed by atoms with Crippen LogP contribution in [0.5, 0.6) is 5.75 Å². The molecule has 1 N–H and O–H groups in total. The van der Waals surface area contributed by atoms with Crippen molar-refractivity contribution in [1.82, 2.24) is 4.98 Å². The van der Waals surface area contributed by atoms with Gasteiger partial charge in [-0.15, -0.1) is 0 Å². The number of carbonyl (C=O) groups is 1. The summed E-state index contributed by atoms with van der Waals surface area (Å²) >= 11 is 12.1. The molecule has 140 valence electrons. The van der Waals surface area contributed by atoms with Crippen molar-refractivity contribution in [1.29, 1.82) is 0 Å². The monoisotopic (exact) mass is 415 g/mol. The van der Waals surface area contributed by atoms with Gasteiger partial charge in [-0.05, 0) is 30.3 Å². The van der Waals surface area contributed by atoms with E-state index >= 15 is 0 Å². The van der Waals surface area contributed by atoms with Crippen molar-refractivity contribution >= 4 is 40.1 Å². The summed E-state index contributed by atoms with van der Waals surface area (Å²) in [6.07, 6.45) is -4.60. The lowest BCUT2D eigenvalue weighted by Gasteiger charge is -2.14. The smallest absolute Gasteiger partial charge is 0.416 e. The van der Waals surface area contributed by atoms with E-state index in [1.165, 1.54) is 31.4 Å². The van der Waals surface area contributed by atoms with Gasteiger partial charge >= 0.3 is 12.1 Å². The second-order valence-corrected chi connectivity index (χ2v) is 6.37. The molecule has 0 fully saturated rings. The Hall–Kier alpha value is -2.51. The molecule has 1 aromatic heterocycles. The van der Waals surface area contributed by atoms with Crippen molar-refractivity contribution in [2.24, 2.45) is 0 Å². The molecule has 0 aliphatic carbocycles. The van der Waals surface area contributed by atoms with Crippen LogP contribution >= 0.6 is 23.2 Å². The summed E-state index contributed by atoms with van der Waals surface area (Å²) in [5.74, 6) is -0.798. The van der Waals surface area contributed by atoms with Crippen molar-refractivity contribution in [3.05, 3.63) is 57.6 Å². The molecule has 0 radical (unpaired) electrons. The van der Waals surface area contributed by atoms with Crippen molar-refractivity contribution in [2.75, 3.05) is 7.11 Å². The van der Waals surface area contributed by atoms with Gasteiger partial charge in [0.25, 0.3) is 0 Å². The quantitative estimate of drug-likeness (QED) is 0.575. The molecule has 2 aromatic carbocycles. The summed E-state index contributed by atoms with van der Waals surface area (Å²) in [5.41, 5.74) is -0.463. The van der Waals surface area contributed by atoms with E-state index in [0.29, 0.717) is 11.1 Å². The zero-order chi connectivity index (χ0) is 19.9. The van der Waals surface area contributed by atoms with E-state index < -0.39 is 17.7 Å². The lowest BCUT2D eigenvalue weighted by atomic mass is 10.0. The van der Waals surface area contributed by atoms with E-state index in [0.717, 1.165) is 12.1 Å². The second kappa shape index (κ2) is 6.90. The molecule has 0 saturated heterocycles. The average molecular weight is 416 g/mol. The van der Waals surface area contributed by atoms with Crippen LogP contribution in [-0.4, -0.2) is 23.2 Å². The SMILES string of the molecule is COc1cc(-c2c(Cl)cc(C(F)(F)F)cc2Cl)nc2cc(C(=O)O)ccc12. The van der Waals surface area contributed by atoms with Gasteiger partial charge in [0.15, 0.2) is 0 Å². The summed E-state index contributed by atoms with van der Waals surface area (Å²) < 4.78 is 44.1. The lowest BCUT2D eigenvalue weighted by Crippen LogP contribution is -2.05. The Morgan fingerprint density at radius 1 is 1.11 bits per heavy atom. The summed E-state index contributed by atoms with van der Waals surface area (Å²) in [5, 5.41) is 9.20. The molecule has 0 spiro atoms. The number of nitrogens with zero attached hydrogens (tertiary/aromatic N) is 1. The molecule has 9 heteroatoms. The van der Waals surface area contributed by atoms with Crippen LogP contribution < -0.4 is 4.74 Å². The largest absolute Gasteiger partial charge is 0.496 e. The summed E-state index contributed by atoms with van der Waals surface area (Å²) in [6.45, 7) is 0. The van der Waals surface area contributed by atoms with Gasteiger partial charge in [0.05, 0.1) is 39.5 Å². The highest BCUT2D eigenvalue weighted by Crippen LogP contribution is 2.41. The van der Waals surface area contributed by atoms with E-state index in [-0.39, 0.29) is 32.4 Å². The molecule has 27 heavy (non-hydrogen) atoms. The number of aromatic nitrogens is 1. The zero-order valence-corrected chi connectivity index (χ0v) is 15.1. The van der Waals surface area contributed by atoms with Crippen LogP contribution in [0, 0.1) is 0 Å².